The van der Waals surface area contributed by atoms with Crippen LogP contribution >= 0.6 is 0 Å². The van der Waals surface area contributed by atoms with E-state index in [1.54, 1.807) is 16.8 Å². The van der Waals surface area contributed by atoms with Crippen molar-refractivity contribution in [2.24, 2.45) is 0 Å². The summed E-state index contributed by atoms with van der Waals surface area (Å²) in [5.74, 6) is -1.63. The summed E-state index contributed by atoms with van der Waals surface area (Å²) in [6.07, 6.45) is 1.51. The molecule has 10 heteroatoms. The summed E-state index contributed by atoms with van der Waals surface area (Å²) in [6.45, 7) is 7.07. The Morgan fingerprint density at radius 3 is 2.52 bits per heavy atom. The Labute approximate surface area is 190 Å². The Kier molecular flexibility index (Phi) is 6.48. The van der Waals surface area contributed by atoms with Gasteiger partial charge in [-0.3, -0.25) is 19.4 Å². The van der Waals surface area contributed by atoms with E-state index in [2.05, 4.69) is 10.1 Å². The minimum atomic E-state index is -0.990. The third-order valence-electron chi connectivity index (χ3n) is 6.31. The molecule has 1 aliphatic heterocycles. The number of piperazine rings is 1. The molecule has 0 saturated carbocycles. The van der Waals surface area contributed by atoms with Gasteiger partial charge in [-0.1, -0.05) is 5.16 Å². The highest BCUT2D eigenvalue weighted by atomic mass is 19.1. The van der Waals surface area contributed by atoms with Gasteiger partial charge in [0.1, 0.15) is 17.6 Å². The first-order chi connectivity index (χ1) is 15.7. The van der Waals surface area contributed by atoms with E-state index in [0.29, 0.717) is 49.2 Å². The second-order valence-corrected chi connectivity index (χ2v) is 8.44. The number of aryl methyl sites for hydroxylation is 3. The number of carboxylic acid groups (broad SMARTS) is 2. The SMILES string of the molecule is Cc1noc(C)c1CN1CCN([C@H](C(=O)O)c2cn(CCC(=O)O)c3cc(F)ccc23)CC1. The Morgan fingerprint density at radius 1 is 1.18 bits per heavy atom. The monoisotopic (exact) mass is 458 g/mol. The number of hydrogen-bond acceptors (Lipinski definition) is 6. The number of halogens is 1. The van der Waals surface area contributed by atoms with Gasteiger partial charge in [-0.05, 0) is 32.0 Å². The molecule has 3 aromatic rings. The van der Waals surface area contributed by atoms with Crippen LogP contribution in [-0.2, 0) is 22.7 Å². The van der Waals surface area contributed by atoms with Crippen molar-refractivity contribution in [1.29, 1.82) is 0 Å². The van der Waals surface area contributed by atoms with Crippen LogP contribution in [0.3, 0.4) is 0 Å². The van der Waals surface area contributed by atoms with E-state index in [1.807, 2.05) is 18.7 Å². The number of fused-ring (bicyclic) bond motifs is 1. The van der Waals surface area contributed by atoms with Crippen molar-refractivity contribution in [3.05, 3.63) is 52.8 Å². The summed E-state index contributed by atoms with van der Waals surface area (Å²) >= 11 is 0. The van der Waals surface area contributed by atoms with Crippen LogP contribution in [-0.4, -0.2) is 67.9 Å². The van der Waals surface area contributed by atoms with E-state index in [1.165, 1.54) is 12.1 Å². The number of carboxylic acids is 2. The molecule has 1 aliphatic rings. The number of aromatic nitrogens is 2. The summed E-state index contributed by atoms with van der Waals surface area (Å²) in [4.78, 5) is 27.6. The first kappa shape index (κ1) is 22.9. The largest absolute Gasteiger partial charge is 0.481 e. The molecule has 0 aliphatic carbocycles. The van der Waals surface area contributed by atoms with Gasteiger partial charge in [-0.2, -0.15) is 0 Å². The van der Waals surface area contributed by atoms with Gasteiger partial charge in [0.25, 0.3) is 0 Å². The zero-order valence-electron chi connectivity index (χ0n) is 18.6. The van der Waals surface area contributed by atoms with Crippen LogP contribution in [0.15, 0.2) is 28.9 Å². The van der Waals surface area contributed by atoms with Crippen LogP contribution in [0.2, 0.25) is 0 Å². The number of hydrogen-bond donors (Lipinski definition) is 2. The number of aliphatic carboxylic acids is 2. The van der Waals surface area contributed by atoms with E-state index < -0.39 is 23.8 Å². The maximum Gasteiger partial charge on any atom is 0.325 e. The third kappa shape index (κ3) is 4.76. The standard InChI is InChI=1S/C23H27FN4O5/c1-14-18(15(2)33-25-14)12-26-7-9-27(10-8-26)22(23(31)32)19-13-28(6-5-21(29)30)20-11-16(24)3-4-17(19)20/h3-4,11,13,22H,5-10,12H2,1-2H3,(H,29,30)(H,31,32)/t22-/m0/s1. The molecule has 4 rings (SSSR count). The molecule has 0 spiro atoms. The van der Waals surface area contributed by atoms with Crippen molar-refractivity contribution in [3.63, 3.8) is 0 Å². The van der Waals surface area contributed by atoms with Crippen molar-refractivity contribution in [1.82, 2.24) is 19.5 Å². The molecule has 1 atom stereocenters. The summed E-state index contributed by atoms with van der Waals surface area (Å²) in [5, 5.41) is 23.8. The van der Waals surface area contributed by atoms with Gasteiger partial charge in [0.15, 0.2) is 0 Å². The molecule has 2 N–H and O–H groups in total. The molecule has 33 heavy (non-hydrogen) atoms. The van der Waals surface area contributed by atoms with Crippen LogP contribution in [0.4, 0.5) is 4.39 Å². The average Bonchev–Trinajstić information content (AvgIpc) is 3.27. The first-order valence-electron chi connectivity index (χ1n) is 10.9. The smallest absolute Gasteiger partial charge is 0.325 e. The topological polar surface area (TPSA) is 112 Å². The highest BCUT2D eigenvalue weighted by molar-refractivity contribution is 5.90. The lowest BCUT2D eigenvalue weighted by Crippen LogP contribution is -2.48. The van der Waals surface area contributed by atoms with Crippen molar-refractivity contribution >= 4 is 22.8 Å². The molecule has 0 radical (unpaired) electrons. The van der Waals surface area contributed by atoms with Crippen LogP contribution in [0.1, 0.15) is 35.0 Å². The fourth-order valence-electron chi connectivity index (χ4n) is 4.53. The normalized spacial score (nSPS) is 16.3. The van der Waals surface area contributed by atoms with Gasteiger partial charge in [0.05, 0.1) is 17.6 Å². The Bertz CT molecular complexity index is 1160. The second kappa shape index (κ2) is 9.32. The maximum absolute atomic E-state index is 13.9. The predicted molar refractivity (Wildman–Crippen MR) is 117 cm³/mol. The molecule has 2 aromatic heterocycles. The molecule has 0 unspecified atom stereocenters. The van der Waals surface area contributed by atoms with E-state index in [9.17, 15) is 19.1 Å². The lowest BCUT2D eigenvalue weighted by atomic mass is 10.0. The zero-order chi connectivity index (χ0) is 23.7. The van der Waals surface area contributed by atoms with Gasteiger partial charge >= 0.3 is 11.9 Å². The minimum absolute atomic E-state index is 0.132. The number of benzene rings is 1. The molecule has 1 saturated heterocycles. The summed E-state index contributed by atoms with van der Waals surface area (Å²) in [7, 11) is 0. The summed E-state index contributed by atoms with van der Waals surface area (Å²) < 4.78 is 20.8. The second-order valence-electron chi connectivity index (χ2n) is 8.44. The molecule has 9 nitrogen and oxygen atoms in total. The highest BCUT2D eigenvalue weighted by Crippen LogP contribution is 2.32. The van der Waals surface area contributed by atoms with Crippen LogP contribution in [0.25, 0.3) is 10.9 Å². The lowest BCUT2D eigenvalue weighted by molar-refractivity contribution is -0.144. The number of nitrogens with zero attached hydrogens (tertiary/aromatic N) is 4. The van der Waals surface area contributed by atoms with Crippen molar-refractivity contribution in [3.8, 4) is 0 Å². The Balaban J connectivity index is 1.57. The van der Waals surface area contributed by atoms with E-state index in [-0.39, 0.29) is 13.0 Å². The van der Waals surface area contributed by atoms with E-state index >= 15 is 0 Å². The van der Waals surface area contributed by atoms with E-state index in [0.717, 1.165) is 17.0 Å². The zero-order valence-corrected chi connectivity index (χ0v) is 18.6. The Morgan fingerprint density at radius 2 is 1.91 bits per heavy atom. The molecule has 1 fully saturated rings. The quantitative estimate of drug-likeness (QED) is 0.530. The van der Waals surface area contributed by atoms with Gasteiger partial charge in [-0.25, -0.2) is 4.39 Å². The number of rotatable bonds is 8. The molecule has 0 bridgehead atoms. The highest BCUT2D eigenvalue weighted by Gasteiger charge is 2.33. The first-order valence-corrected chi connectivity index (χ1v) is 10.9. The average molecular weight is 458 g/mol. The molecular formula is C23H27FN4O5. The third-order valence-corrected chi connectivity index (χ3v) is 6.31. The summed E-state index contributed by atoms with van der Waals surface area (Å²) in [5.41, 5.74) is 2.96. The van der Waals surface area contributed by atoms with Crippen molar-refractivity contribution in [2.45, 2.75) is 39.4 Å². The molecule has 176 valence electrons. The maximum atomic E-state index is 13.9. The molecule has 3 heterocycles. The number of carbonyl (C=O) groups is 2. The van der Waals surface area contributed by atoms with Crippen LogP contribution in [0.5, 0.6) is 0 Å². The minimum Gasteiger partial charge on any atom is -0.481 e. The lowest BCUT2D eigenvalue weighted by Gasteiger charge is -2.37. The molecular weight excluding hydrogens is 431 g/mol. The molecule has 1 aromatic carbocycles. The van der Waals surface area contributed by atoms with Gasteiger partial charge in [-0.15, -0.1) is 0 Å². The predicted octanol–water partition coefficient (Wildman–Crippen LogP) is 2.80. The van der Waals surface area contributed by atoms with E-state index in [4.69, 9.17) is 9.63 Å². The fraction of sp³-hybridized carbons (Fsp3) is 0.435. The van der Waals surface area contributed by atoms with Crippen LogP contribution < -0.4 is 0 Å². The Hall–Kier alpha value is -3.24. The van der Waals surface area contributed by atoms with Gasteiger partial charge in [0, 0.05) is 62.0 Å². The van der Waals surface area contributed by atoms with Crippen molar-refractivity contribution < 1.29 is 28.7 Å². The van der Waals surface area contributed by atoms with Crippen LogP contribution in [0, 0.1) is 19.7 Å². The molecule has 0 amide bonds. The fourth-order valence-corrected chi connectivity index (χ4v) is 4.53. The summed E-state index contributed by atoms with van der Waals surface area (Å²) in [6, 6.07) is 3.28. The van der Waals surface area contributed by atoms with Gasteiger partial charge < -0.3 is 19.3 Å². The van der Waals surface area contributed by atoms with Crippen molar-refractivity contribution in [2.75, 3.05) is 26.2 Å². The van der Waals surface area contributed by atoms with Gasteiger partial charge in [0.2, 0.25) is 0 Å².